The van der Waals surface area contributed by atoms with Gasteiger partial charge in [0.1, 0.15) is 0 Å². The molecule has 0 saturated carbocycles. The van der Waals surface area contributed by atoms with Crippen LogP contribution in [0.5, 0.6) is 0 Å². The third kappa shape index (κ3) is 4.30. The maximum absolute atomic E-state index is 12.5. The van der Waals surface area contributed by atoms with Gasteiger partial charge >= 0.3 is 0 Å². The summed E-state index contributed by atoms with van der Waals surface area (Å²) >= 11 is 0. The first-order valence-electron chi connectivity index (χ1n) is 9.81. The lowest BCUT2D eigenvalue weighted by Gasteiger charge is -2.18. The second-order valence-corrected chi connectivity index (χ2v) is 8.16. The van der Waals surface area contributed by atoms with Crippen molar-refractivity contribution >= 4 is 11.9 Å². The average Bonchev–Trinajstić information content (AvgIpc) is 3.24. The van der Waals surface area contributed by atoms with E-state index in [0.717, 1.165) is 21.4 Å². The van der Waals surface area contributed by atoms with Crippen LogP contribution < -0.4 is 0 Å². The van der Waals surface area contributed by atoms with Crippen molar-refractivity contribution in [3.8, 4) is 22.8 Å². The topological polar surface area (TPSA) is 65.0 Å². The van der Waals surface area contributed by atoms with Gasteiger partial charge in [-0.1, -0.05) is 68.4 Å². The van der Waals surface area contributed by atoms with E-state index in [1.165, 1.54) is 5.56 Å². The molecule has 1 aromatic heterocycles. The Morgan fingerprint density at radius 3 is 2.13 bits per heavy atom. The Hall–Kier alpha value is -3.73. The summed E-state index contributed by atoms with van der Waals surface area (Å²) in [5.41, 5.74) is 4.35. The van der Waals surface area contributed by atoms with Gasteiger partial charge in [0.15, 0.2) is 6.21 Å². The van der Waals surface area contributed by atoms with Crippen LogP contribution in [0.2, 0.25) is 0 Å². The van der Waals surface area contributed by atoms with E-state index in [4.69, 9.17) is 4.52 Å². The third-order valence-corrected chi connectivity index (χ3v) is 4.87. The lowest BCUT2D eigenvalue weighted by molar-refractivity contribution is -0.354. The minimum Gasteiger partial charge on any atom is -0.618 e. The van der Waals surface area contributed by atoms with Crippen molar-refractivity contribution in [3.63, 3.8) is 0 Å². The third-order valence-electron chi connectivity index (χ3n) is 4.87. The highest BCUT2D eigenvalue weighted by molar-refractivity contribution is 5.76. The van der Waals surface area contributed by atoms with Crippen LogP contribution in [0.15, 0.2) is 83.4 Å². The van der Waals surface area contributed by atoms with E-state index < -0.39 is 0 Å². The molecule has 30 heavy (non-hydrogen) atoms. The summed E-state index contributed by atoms with van der Waals surface area (Å²) in [4.78, 5) is 4.44. The molecule has 5 nitrogen and oxygen atoms in total. The summed E-state index contributed by atoms with van der Waals surface area (Å²) in [6.45, 7) is 6.50. The van der Waals surface area contributed by atoms with Crippen LogP contribution in [0.3, 0.4) is 0 Å². The summed E-state index contributed by atoms with van der Waals surface area (Å²) in [6.07, 6.45) is 1.57. The van der Waals surface area contributed by atoms with Crippen molar-refractivity contribution in [1.82, 2.24) is 10.1 Å². The first-order valence-corrected chi connectivity index (χ1v) is 9.81. The molecule has 0 amide bonds. The van der Waals surface area contributed by atoms with Gasteiger partial charge in [0.25, 0.3) is 5.89 Å². The SMILES string of the molecule is CC(C)(C)c1ccc(/C=[N+](/[O-])c2ccc(-c3nc(-c4ccccc4)no3)cc2)cc1. The van der Waals surface area contributed by atoms with Crippen molar-refractivity contribution in [2.75, 3.05) is 0 Å². The summed E-state index contributed by atoms with van der Waals surface area (Å²) in [5, 5.41) is 16.6. The lowest BCUT2D eigenvalue weighted by atomic mass is 9.87. The van der Waals surface area contributed by atoms with E-state index >= 15 is 0 Å². The number of nitrogens with zero attached hydrogens (tertiary/aromatic N) is 3. The van der Waals surface area contributed by atoms with Gasteiger partial charge in [-0.25, -0.2) is 0 Å². The van der Waals surface area contributed by atoms with Gasteiger partial charge in [-0.15, -0.1) is 0 Å². The Morgan fingerprint density at radius 1 is 0.833 bits per heavy atom. The van der Waals surface area contributed by atoms with Crippen molar-refractivity contribution in [3.05, 3.63) is 95.2 Å². The number of benzene rings is 3. The van der Waals surface area contributed by atoms with E-state index in [2.05, 4.69) is 43.0 Å². The molecule has 0 aliphatic rings. The monoisotopic (exact) mass is 397 g/mol. The summed E-state index contributed by atoms with van der Waals surface area (Å²) in [6, 6.07) is 24.8. The highest BCUT2D eigenvalue weighted by atomic mass is 16.5. The van der Waals surface area contributed by atoms with Crippen molar-refractivity contribution < 1.29 is 9.26 Å². The Morgan fingerprint density at radius 2 is 1.50 bits per heavy atom. The molecule has 0 spiro atoms. The molecule has 0 aliphatic carbocycles. The highest BCUT2D eigenvalue weighted by Gasteiger charge is 2.14. The molecule has 0 bridgehead atoms. The van der Waals surface area contributed by atoms with E-state index in [9.17, 15) is 5.21 Å². The summed E-state index contributed by atoms with van der Waals surface area (Å²) in [5.74, 6) is 0.951. The minimum absolute atomic E-state index is 0.0840. The van der Waals surface area contributed by atoms with Crippen molar-refractivity contribution in [2.45, 2.75) is 26.2 Å². The number of hydrogen-bond donors (Lipinski definition) is 0. The van der Waals surface area contributed by atoms with E-state index in [1.54, 1.807) is 30.5 Å². The average molecular weight is 397 g/mol. The maximum atomic E-state index is 12.5. The number of rotatable bonds is 4. The first-order chi connectivity index (χ1) is 14.4. The van der Waals surface area contributed by atoms with Crippen LogP contribution in [-0.4, -0.2) is 21.1 Å². The van der Waals surface area contributed by atoms with Gasteiger partial charge in [0.05, 0.1) is 0 Å². The zero-order valence-electron chi connectivity index (χ0n) is 17.2. The van der Waals surface area contributed by atoms with E-state index in [-0.39, 0.29) is 5.41 Å². The molecule has 150 valence electrons. The van der Waals surface area contributed by atoms with Crippen LogP contribution >= 0.6 is 0 Å². The normalized spacial score (nSPS) is 12.2. The Bertz CT molecular complexity index is 1150. The fourth-order valence-electron chi connectivity index (χ4n) is 3.08. The second kappa shape index (κ2) is 7.95. The van der Waals surface area contributed by atoms with Crippen LogP contribution in [0.1, 0.15) is 31.9 Å². The molecule has 3 aromatic carbocycles. The van der Waals surface area contributed by atoms with Gasteiger partial charge in [0, 0.05) is 28.8 Å². The molecular weight excluding hydrogens is 374 g/mol. The predicted molar refractivity (Wildman–Crippen MR) is 119 cm³/mol. The molecule has 0 radical (unpaired) electrons. The Labute approximate surface area is 175 Å². The molecule has 4 aromatic rings. The van der Waals surface area contributed by atoms with Gasteiger partial charge in [-0.2, -0.15) is 9.72 Å². The minimum atomic E-state index is 0.0840. The summed E-state index contributed by atoms with van der Waals surface area (Å²) in [7, 11) is 0. The molecule has 0 N–H and O–H groups in total. The molecule has 5 heteroatoms. The Balaban J connectivity index is 1.52. The fraction of sp³-hybridized carbons (Fsp3) is 0.160. The van der Waals surface area contributed by atoms with Crippen LogP contribution in [0.25, 0.3) is 22.8 Å². The van der Waals surface area contributed by atoms with Gasteiger partial charge in [-0.05, 0) is 35.2 Å². The Kier molecular flexibility index (Phi) is 5.19. The van der Waals surface area contributed by atoms with E-state index in [0.29, 0.717) is 17.4 Å². The first kappa shape index (κ1) is 19.6. The molecule has 0 unspecified atom stereocenters. The zero-order chi connectivity index (χ0) is 21.1. The van der Waals surface area contributed by atoms with E-state index in [1.807, 2.05) is 42.5 Å². The maximum Gasteiger partial charge on any atom is 0.258 e. The molecule has 0 saturated heterocycles. The molecule has 1 heterocycles. The van der Waals surface area contributed by atoms with Crippen LogP contribution in [-0.2, 0) is 5.41 Å². The fourth-order valence-corrected chi connectivity index (χ4v) is 3.08. The predicted octanol–water partition coefficient (Wildman–Crippen LogP) is 5.96. The highest BCUT2D eigenvalue weighted by Crippen LogP contribution is 2.25. The lowest BCUT2D eigenvalue weighted by Crippen LogP contribution is -2.10. The smallest absolute Gasteiger partial charge is 0.258 e. The number of hydrogen-bond acceptors (Lipinski definition) is 4. The molecular formula is C25H23N3O2. The molecule has 0 fully saturated rings. The zero-order valence-corrected chi connectivity index (χ0v) is 17.2. The molecule has 4 rings (SSSR count). The molecule has 0 aliphatic heterocycles. The largest absolute Gasteiger partial charge is 0.618 e. The van der Waals surface area contributed by atoms with Crippen LogP contribution in [0, 0.1) is 5.21 Å². The standard InChI is InChI=1S/C25H23N3O2/c1-25(2,3)21-13-9-18(10-14-21)17-28(29)22-15-11-20(12-16-22)24-26-23(27-30-24)19-7-5-4-6-8-19/h4-17H,1-3H3/b28-17+. The van der Waals surface area contributed by atoms with Crippen LogP contribution in [0.4, 0.5) is 5.69 Å². The molecule has 0 atom stereocenters. The van der Waals surface area contributed by atoms with Crippen molar-refractivity contribution in [2.24, 2.45) is 0 Å². The number of aromatic nitrogens is 2. The van der Waals surface area contributed by atoms with Gasteiger partial charge in [0.2, 0.25) is 11.5 Å². The second-order valence-electron chi connectivity index (χ2n) is 8.16. The van der Waals surface area contributed by atoms with Gasteiger partial charge in [-0.3, -0.25) is 0 Å². The quantitative estimate of drug-likeness (QED) is 0.184. The van der Waals surface area contributed by atoms with Crippen molar-refractivity contribution in [1.29, 1.82) is 0 Å². The van der Waals surface area contributed by atoms with Gasteiger partial charge < -0.3 is 9.73 Å². The summed E-state index contributed by atoms with van der Waals surface area (Å²) < 4.78 is 6.24.